The number of ether oxygens (including phenoxy) is 1. The molecule has 4 rings (SSSR count). The Balaban J connectivity index is 1.67. The number of hydrogen-bond donors (Lipinski definition) is 2. The fraction of sp³-hybridized carbons (Fsp3) is 0.316. The Morgan fingerprint density at radius 1 is 1.33 bits per heavy atom. The lowest BCUT2D eigenvalue weighted by Crippen LogP contribution is -2.50. The molecule has 2 aromatic rings. The van der Waals surface area contributed by atoms with Gasteiger partial charge in [-0.3, -0.25) is 4.79 Å². The third-order valence-electron chi connectivity index (χ3n) is 5.25. The molecule has 0 bridgehead atoms. The van der Waals surface area contributed by atoms with Crippen molar-refractivity contribution in [3.8, 4) is 17.1 Å². The predicted molar refractivity (Wildman–Crippen MR) is 103 cm³/mol. The quantitative estimate of drug-likeness (QED) is 0.775. The summed E-state index contributed by atoms with van der Waals surface area (Å²) in [6, 6.07) is 9.55. The van der Waals surface area contributed by atoms with Gasteiger partial charge in [0, 0.05) is 17.1 Å². The number of pyridine rings is 1. The maximum atomic E-state index is 11.8. The second kappa shape index (κ2) is 6.53. The molecule has 140 valence electrons. The van der Waals surface area contributed by atoms with E-state index < -0.39 is 11.6 Å². The maximum absolute atomic E-state index is 11.8. The number of nitrogens with zero attached hydrogens (tertiary/aromatic N) is 2. The number of anilines is 1. The van der Waals surface area contributed by atoms with Gasteiger partial charge in [0.2, 0.25) is 5.88 Å². The Labute approximate surface area is 164 Å². The first-order valence-electron chi connectivity index (χ1n) is 8.61. The van der Waals surface area contributed by atoms with Crippen molar-refractivity contribution in [2.24, 2.45) is 0 Å². The van der Waals surface area contributed by atoms with Gasteiger partial charge in [-0.2, -0.15) is 0 Å². The highest BCUT2D eigenvalue weighted by molar-refractivity contribution is 9.10. The first kappa shape index (κ1) is 17.8. The number of hydrogen-bond acceptors (Lipinski definition) is 4. The van der Waals surface area contributed by atoms with Gasteiger partial charge in [-0.15, -0.1) is 0 Å². The normalized spacial score (nSPS) is 17.6. The molecule has 7 nitrogen and oxygen atoms in total. The number of aromatic nitrogens is 1. The van der Waals surface area contributed by atoms with Gasteiger partial charge in [-0.25, -0.2) is 9.78 Å². The number of nitrogens with one attached hydrogen (secondary N) is 1. The molecule has 1 aliphatic carbocycles. The monoisotopic (exact) mass is 431 g/mol. The molecule has 1 aliphatic heterocycles. The van der Waals surface area contributed by atoms with Crippen LogP contribution in [0, 0.1) is 0 Å². The predicted octanol–water partition coefficient (Wildman–Crippen LogP) is 3.51. The van der Waals surface area contributed by atoms with Crippen LogP contribution in [0.2, 0.25) is 0 Å². The Kier molecular flexibility index (Phi) is 4.30. The van der Waals surface area contributed by atoms with Crippen molar-refractivity contribution < 1.29 is 19.4 Å². The smallest absolute Gasteiger partial charge is 0.405 e. The number of fused-ring (bicyclic) bond motifs is 1. The molecular formula is C19H18BrN3O4. The van der Waals surface area contributed by atoms with E-state index in [9.17, 15) is 9.59 Å². The van der Waals surface area contributed by atoms with Crippen LogP contribution in [-0.2, 0) is 10.3 Å². The second-order valence-corrected chi connectivity index (χ2v) is 7.68. The van der Waals surface area contributed by atoms with Gasteiger partial charge in [-0.05, 0) is 46.8 Å². The molecule has 0 unspecified atom stereocenters. The third kappa shape index (κ3) is 3.03. The van der Waals surface area contributed by atoms with Crippen molar-refractivity contribution in [3.05, 3.63) is 40.4 Å². The second-order valence-electron chi connectivity index (χ2n) is 6.83. The summed E-state index contributed by atoms with van der Waals surface area (Å²) in [6.45, 7) is -0.0279. The average molecular weight is 432 g/mol. The highest BCUT2D eigenvalue weighted by atomic mass is 79.9. The molecule has 0 spiro atoms. The summed E-state index contributed by atoms with van der Waals surface area (Å²) >= 11 is 3.53. The molecule has 0 atom stereocenters. The van der Waals surface area contributed by atoms with Crippen molar-refractivity contribution in [2.75, 3.05) is 18.6 Å². The number of halogens is 1. The zero-order chi connectivity index (χ0) is 19.2. The molecule has 0 radical (unpaired) electrons. The van der Waals surface area contributed by atoms with Gasteiger partial charge in [-0.1, -0.05) is 24.3 Å². The number of benzene rings is 1. The molecule has 8 heteroatoms. The van der Waals surface area contributed by atoms with Crippen molar-refractivity contribution >= 4 is 33.6 Å². The van der Waals surface area contributed by atoms with Gasteiger partial charge < -0.3 is 20.1 Å². The minimum atomic E-state index is -1.01. The summed E-state index contributed by atoms with van der Waals surface area (Å²) in [5.41, 5.74) is 2.67. The molecule has 1 fully saturated rings. The first-order chi connectivity index (χ1) is 12.9. The minimum Gasteiger partial charge on any atom is -0.466 e. The summed E-state index contributed by atoms with van der Waals surface area (Å²) in [5.74, 6) is 0.299. The number of carbonyl (C=O) groups is 2. The Morgan fingerprint density at radius 3 is 2.63 bits per heavy atom. The number of carbonyl (C=O) groups excluding carboxylic acids is 1. The van der Waals surface area contributed by atoms with Crippen molar-refractivity contribution in [1.82, 2.24) is 10.3 Å². The fourth-order valence-corrected chi connectivity index (χ4v) is 4.07. The Hall–Kier alpha value is -2.61. The number of rotatable bonds is 3. The van der Waals surface area contributed by atoms with Crippen LogP contribution in [0.25, 0.3) is 11.3 Å². The van der Waals surface area contributed by atoms with E-state index in [0.29, 0.717) is 17.3 Å². The first-order valence-corrected chi connectivity index (χ1v) is 9.41. The molecular weight excluding hydrogens is 414 g/mol. The van der Waals surface area contributed by atoms with E-state index in [2.05, 4.69) is 26.2 Å². The summed E-state index contributed by atoms with van der Waals surface area (Å²) in [7, 11) is 1.69. The Bertz CT molecular complexity index is 925. The van der Waals surface area contributed by atoms with Gasteiger partial charge in [0.05, 0.1) is 11.2 Å². The van der Waals surface area contributed by atoms with E-state index >= 15 is 0 Å². The van der Waals surface area contributed by atoms with Crippen LogP contribution in [0.3, 0.4) is 0 Å². The largest absolute Gasteiger partial charge is 0.466 e. The van der Waals surface area contributed by atoms with Crippen LogP contribution in [-0.4, -0.2) is 35.7 Å². The van der Waals surface area contributed by atoms with Crippen LogP contribution >= 0.6 is 15.9 Å². The zero-order valence-corrected chi connectivity index (χ0v) is 16.2. The highest BCUT2D eigenvalue weighted by Gasteiger charge is 2.40. The average Bonchev–Trinajstić information content (AvgIpc) is 2.61. The molecule has 2 N–H and O–H groups in total. The van der Waals surface area contributed by atoms with Gasteiger partial charge in [0.15, 0.2) is 6.61 Å². The molecule has 2 amide bonds. The molecule has 1 saturated carbocycles. The highest BCUT2D eigenvalue weighted by Crippen LogP contribution is 2.42. The lowest BCUT2D eigenvalue weighted by molar-refractivity contribution is -0.121. The SMILES string of the molecule is CN1C(=O)COc2nc(-c3ccc(C4(NC(=O)O)CCC4)cc3)c(Br)cc21. The van der Waals surface area contributed by atoms with E-state index in [1.807, 2.05) is 30.3 Å². The van der Waals surface area contributed by atoms with Gasteiger partial charge >= 0.3 is 6.09 Å². The molecule has 27 heavy (non-hydrogen) atoms. The Morgan fingerprint density at radius 2 is 2.04 bits per heavy atom. The number of likely N-dealkylation sites (N-methyl/N-ethyl adjacent to an activating group) is 1. The van der Waals surface area contributed by atoms with Gasteiger partial charge in [0.1, 0.15) is 5.69 Å². The lowest BCUT2D eigenvalue weighted by atomic mass is 9.72. The maximum Gasteiger partial charge on any atom is 0.405 e. The van der Waals surface area contributed by atoms with Crippen molar-refractivity contribution in [3.63, 3.8) is 0 Å². The van der Waals surface area contributed by atoms with Crippen LogP contribution in [0.5, 0.6) is 5.88 Å². The topological polar surface area (TPSA) is 91.8 Å². The third-order valence-corrected chi connectivity index (χ3v) is 5.86. The lowest BCUT2D eigenvalue weighted by Gasteiger charge is -2.42. The number of carboxylic acid groups (broad SMARTS) is 1. The van der Waals surface area contributed by atoms with E-state index in [1.165, 1.54) is 4.90 Å². The summed E-state index contributed by atoms with van der Waals surface area (Å²) in [5, 5.41) is 11.8. The minimum absolute atomic E-state index is 0.0279. The molecule has 2 aliphatic rings. The van der Waals surface area contributed by atoms with E-state index in [4.69, 9.17) is 9.84 Å². The van der Waals surface area contributed by atoms with E-state index in [0.717, 1.165) is 34.9 Å². The van der Waals surface area contributed by atoms with Crippen molar-refractivity contribution in [2.45, 2.75) is 24.8 Å². The van der Waals surface area contributed by atoms with Crippen LogP contribution < -0.4 is 15.0 Å². The molecule has 2 heterocycles. The summed E-state index contributed by atoms with van der Waals surface area (Å²) in [4.78, 5) is 29.0. The van der Waals surface area contributed by atoms with Crippen molar-refractivity contribution in [1.29, 1.82) is 0 Å². The van der Waals surface area contributed by atoms with Gasteiger partial charge in [0.25, 0.3) is 5.91 Å². The molecule has 1 aromatic heterocycles. The molecule has 0 saturated heterocycles. The summed E-state index contributed by atoms with van der Waals surface area (Å²) in [6.07, 6.45) is 1.60. The fourth-order valence-electron chi connectivity index (χ4n) is 3.54. The van der Waals surface area contributed by atoms with Crippen LogP contribution in [0.1, 0.15) is 24.8 Å². The van der Waals surface area contributed by atoms with Crippen LogP contribution in [0.15, 0.2) is 34.8 Å². The molecule has 1 aromatic carbocycles. The summed E-state index contributed by atoms with van der Waals surface area (Å²) < 4.78 is 6.22. The zero-order valence-electron chi connectivity index (χ0n) is 14.7. The van der Waals surface area contributed by atoms with Crippen LogP contribution in [0.4, 0.5) is 10.5 Å². The van der Waals surface area contributed by atoms with E-state index in [-0.39, 0.29) is 12.5 Å². The number of amides is 2. The standard InChI is InChI=1S/C19H18BrN3O4/c1-23-14-9-13(20)16(21-17(14)27-10-15(23)24)11-3-5-12(6-4-11)19(7-2-8-19)22-18(25)26/h3-6,9,22H,2,7-8,10H2,1H3,(H,25,26). The van der Waals surface area contributed by atoms with E-state index in [1.54, 1.807) is 7.05 Å².